The molecule has 4 nitrogen and oxygen atoms in total. The monoisotopic (exact) mass is 398 g/mol. The molecule has 1 amide bonds. The standard InChI is InChI=1S/C24H15ClN2O2/c25-19-13-11-17(12-14-19)22-21(16-7-3-1-4-8-16)20(15-26)24(29-22)27-23(28)18-9-5-2-6-10-18/h1-14H,(H,27,28). The molecule has 0 aliphatic rings. The Kier molecular flexibility index (Phi) is 5.15. The highest BCUT2D eigenvalue weighted by Gasteiger charge is 2.24. The summed E-state index contributed by atoms with van der Waals surface area (Å²) >= 11 is 6.02. The first-order chi connectivity index (χ1) is 14.2. The van der Waals surface area contributed by atoms with E-state index < -0.39 is 0 Å². The van der Waals surface area contributed by atoms with Crippen molar-refractivity contribution in [2.75, 3.05) is 5.32 Å². The zero-order valence-electron chi connectivity index (χ0n) is 15.2. The van der Waals surface area contributed by atoms with Crippen LogP contribution in [0.15, 0.2) is 89.3 Å². The van der Waals surface area contributed by atoms with Crippen molar-refractivity contribution in [3.63, 3.8) is 0 Å². The quantitative estimate of drug-likeness (QED) is 0.433. The van der Waals surface area contributed by atoms with Gasteiger partial charge < -0.3 is 4.42 Å². The van der Waals surface area contributed by atoms with Crippen molar-refractivity contribution in [2.45, 2.75) is 0 Å². The van der Waals surface area contributed by atoms with E-state index in [0.717, 1.165) is 11.1 Å². The van der Waals surface area contributed by atoms with Crippen molar-refractivity contribution >= 4 is 23.4 Å². The fraction of sp³-hybridized carbons (Fsp3) is 0. The Bertz CT molecular complexity index is 1190. The second-order valence-electron chi connectivity index (χ2n) is 6.32. The largest absolute Gasteiger partial charge is 0.438 e. The number of furan rings is 1. The van der Waals surface area contributed by atoms with Crippen LogP contribution in [-0.2, 0) is 0 Å². The van der Waals surface area contributed by atoms with Crippen molar-refractivity contribution in [2.24, 2.45) is 0 Å². The van der Waals surface area contributed by atoms with Gasteiger partial charge in [0.2, 0.25) is 5.88 Å². The average molecular weight is 399 g/mol. The molecule has 0 fully saturated rings. The van der Waals surface area contributed by atoms with Gasteiger partial charge in [0.25, 0.3) is 5.91 Å². The molecule has 4 aromatic rings. The maximum atomic E-state index is 12.6. The van der Waals surface area contributed by atoms with E-state index in [1.165, 1.54) is 0 Å². The Hall–Kier alpha value is -3.81. The summed E-state index contributed by atoms with van der Waals surface area (Å²) < 4.78 is 6.01. The van der Waals surface area contributed by atoms with Crippen molar-refractivity contribution in [3.8, 4) is 28.5 Å². The summed E-state index contributed by atoms with van der Waals surface area (Å²) in [5.74, 6) is 0.260. The summed E-state index contributed by atoms with van der Waals surface area (Å²) in [6.07, 6.45) is 0. The van der Waals surface area contributed by atoms with Crippen LogP contribution in [0.1, 0.15) is 15.9 Å². The highest BCUT2D eigenvalue weighted by atomic mass is 35.5. The number of nitrogens with one attached hydrogen (secondary N) is 1. The Morgan fingerprint density at radius 3 is 2.10 bits per heavy atom. The van der Waals surface area contributed by atoms with E-state index in [1.807, 2.05) is 48.5 Å². The van der Waals surface area contributed by atoms with Crippen molar-refractivity contribution in [3.05, 3.63) is 101 Å². The van der Waals surface area contributed by atoms with Gasteiger partial charge in [-0.05, 0) is 42.0 Å². The third-order valence-electron chi connectivity index (χ3n) is 4.45. The summed E-state index contributed by atoms with van der Waals surface area (Å²) in [5, 5.41) is 13.2. The maximum Gasteiger partial charge on any atom is 0.258 e. The van der Waals surface area contributed by atoms with Gasteiger partial charge in [-0.3, -0.25) is 10.1 Å². The van der Waals surface area contributed by atoms with E-state index >= 15 is 0 Å². The second kappa shape index (κ2) is 8.05. The number of amides is 1. The molecule has 0 atom stereocenters. The Morgan fingerprint density at radius 2 is 1.48 bits per heavy atom. The number of carbonyl (C=O) groups is 1. The number of benzene rings is 3. The van der Waals surface area contributed by atoms with Crippen LogP contribution in [-0.4, -0.2) is 5.91 Å². The smallest absolute Gasteiger partial charge is 0.258 e. The Morgan fingerprint density at radius 1 is 0.862 bits per heavy atom. The van der Waals surface area contributed by atoms with Gasteiger partial charge >= 0.3 is 0 Å². The molecule has 0 aliphatic heterocycles. The van der Waals surface area contributed by atoms with Gasteiger partial charge in [0.05, 0.1) is 0 Å². The summed E-state index contributed by atoms with van der Waals surface area (Å²) in [6.45, 7) is 0. The minimum Gasteiger partial charge on any atom is -0.438 e. The molecule has 0 saturated carbocycles. The van der Waals surface area contributed by atoms with Gasteiger partial charge in [0.1, 0.15) is 17.4 Å². The van der Waals surface area contributed by atoms with Crippen molar-refractivity contribution in [1.82, 2.24) is 0 Å². The number of halogens is 1. The predicted octanol–water partition coefficient (Wildman–Crippen LogP) is 6.39. The van der Waals surface area contributed by atoms with Crippen LogP contribution in [0.4, 0.5) is 5.88 Å². The van der Waals surface area contributed by atoms with Gasteiger partial charge in [0, 0.05) is 21.7 Å². The lowest BCUT2D eigenvalue weighted by Crippen LogP contribution is -2.11. The van der Waals surface area contributed by atoms with Crippen molar-refractivity contribution < 1.29 is 9.21 Å². The van der Waals surface area contributed by atoms with Crippen LogP contribution in [0.2, 0.25) is 5.02 Å². The SMILES string of the molecule is N#Cc1c(NC(=O)c2ccccc2)oc(-c2ccc(Cl)cc2)c1-c1ccccc1. The lowest BCUT2D eigenvalue weighted by molar-refractivity contribution is 0.102. The Balaban J connectivity index is 1.86. The lowest BCUT2D eigenvalue weighted by Gasteiger charge is -2.03. The molecule has 0 radical (unpaired) electrons. The molecule has 4 rings (SSSR count). The number of hydrogen-bond acceptors (Lipinski definition) is 3. The summed E-state index contributed by atoms with van der Waals surface area (Å²) in [4.78, 5) is 12.6. The third kappa shape index (κ3) is 3.77. The number of nitrogens with zero attached hydrogens (tertiary/aromatic N) is 1. The first kappa shape index (κ1) is 18.5. The summed E-state index contributed by atoms with van der Waals surface area (Å²) in [5.41, 5.74) is 2.94. The zero-order chi connectivity index (χ0) is 20.2. The lowest BCUT2D eigenvalue weighted by atomic mass is 9.98. The normalized spacial score (nSPS) is 10.3. The average Bonchev–Trinajstić information content (AvgIpc) is 3.13. The summed E-state index contributed by atoms with van der Waals surface area (Å²) in [7, 11) is 0. The topological polar surface area (TPSA) is 66.0 Å². The Labute approximate surface area is 173 Å². The minimum absolute atomic E-state index is 0.116. The molecule has 0 bridgehead atoms. The van der Waals surface area contributed by atoms with Crippen LogP contribution in [0, 0.1) is 11.3 Å². The second-order valence-corrected chi connectivity index (χ2v) is 6.75. The highest BCUT2D eigenvalue weighted by Crippen LogP contribution is 2.41. The molecular formula is C24H15ClN2O2. The van der Waals surface area contributed by atoms with E-state index in [-0.39, 0.29) is 17.4 Å². The number of carbonyl (C=O) groups excluding carboxylic acids is 1. The van der Waals surface area contributed by atoms with E-state index in [2.05, 4.69) is 11.4 Å². The number of hydrogen-bond donors (Lipinski definition) is 1. The number of rotatable bonds is 4. The molecule has 0 unspecified atom stereocenters. The summed E-state index contributed by atoms with van der Waals surface area (Å²) in [6, 6.07) is 27.6. The highest BCUT2D eigenvalue weighted by molar-refractivity contribution is 6.30. The van der Waals surface area contributed by atoms with Gasteiger partial charge in [-0.25, -0.2) is 0 Å². The number of nitriles is 1. The van der Waals surface area contributed by atoms with E-state index in [1.54, 1.807) is 36.4 Å². The van der Waals surface area contributed by atoms with Gasteiger partial charge in [-0.15, -0.1) is 0 Å². The van der Waals surface area contributed by atoms with Gasteiger partial charge in [-0.2, -0.15) is 5.26 Å². The molecule has 1 N–H and O–H groups in total. The molecule has 0 spiro atoms. The molecule has 0 saturated heterocycles. The molecule has 1 aromatic heterocycles. The van der Waals surface area contributed by atoms with Crippen LogP contribution in [0.5, 0.6) is 0 Å². The third-order valence-corrected chi connectivity index (χ3v) is 4.70. The molecule has 3 aromatic carbocycles. The fourth-order valence-electron chi connectivity index (χ4n) is 3.08. The zero-order valence-corrected chi connectivity index (χ0v) is 16.0. The first-order valence-electron chi connectivity index (χ1n) is 8.92. The molecule has 29 heavy (non-hydrogen) atoms. The maximum absolute atomic E-state index is 12.6. The van der Waals surface area contributed by atoms with E-state index in [9.17, 15) is 10.1 Å². The molecule has 140 valence electrons. The van der Waals surface area contributed by atoms with Crippen LogP contribution >= 0.6 is 11.6 Å². The fourth-order valence-corrected chi connectivity index (χ4v) is 3.20. The number of anilines is 1. The molecular weight excluding hydrogens is 384 g/mol. The molecule has 1 heterocycles. The molecule has 5 heteroatoms. The van der Waals surface area contributed by atoms with Gasteiger partial charge in [0.15, 0.2) is 0 Å². The van der Waals surface area contributed by atoms with E-state index in [4.69, 9.17) is 16.0 Å². The van der Waals surface area contributed by atoms with Gasteiger partial charge in [-0.1, -0.05) is 60.1 Å². The van der Waals surface area contributed by atoms with Crippen LogP contribution < -0.4 is 5.32 Å². The van der Waals surface area contributed by atoms with Crippen LogP contribution in [0.3, 0.4) is 0 Å². The predicted molar refractivity (Wildman–Crippen MR) is 114 cm³/mol. The van der Waals surface area contributed by atoms with Crippen molar-refractivity contribution in [1.29, 1.82) is 5.26 Å². The first-order valence-corrected chi connectivity index (χ1v) is 9.30. The minimum atomic E-state index is -0.349. The van der Waals surface area contributed by atoms with E-state index in [0.29, 0.717) is 21.9 Å². The molecule has 0 aliphatic carbocycles. The van der Waals surface area contributed by atoms with Crippen LogP contribution in [0.25, 0.3) is 22.5 Å².